The first-order valence-electron chi connectivity index (χ1n) is 5.25. The highest BCUT2D eigenvalue weighted by Crippen LogP contribution is 2.17. The Balaban J connectivity index is 2.76. The first kappa shape index (κ1) is 13.9. The first-order chi connectivity index (χ1) is 8.10. The molecule has 5 heteroatoms. The molecule has 1 aromatic rings. The lowest BCUT2D eigenvalue weighted by atomic mass is 10.1. The molecule has 1 rings (SSSR count). The molecule has 0 fully saturated rings. The molecule has 0 heterocycles. The van der Waals surface area contributed by atoms with Gasteiger partial charge in [0.1, 0.15) is 11.6 Å². The number of ether oxygens (including phenoxy) is 3. The number of hydrogen-bond donors (Lipinski definition) is 1. The van der Waals surface area contributed by atoms with E-state index in [1.165, 1.54) is 33.5 Å². The maximum Gasteiger partial charge on any atom is 0.172 e. The topological polar surface area (TPSA) is 53.7 Å². The van der Waals surface area contributed by atoms with E-state index >= 15 is 0 Å². The number of halogens is 1. The third-order valence-corrected chi connectivity index (χ3v) is 2.45. The summed E-state index contributed by atoms with van der Waals surface area (Å²) >= 11 is 0. The monoisotopic (exact) mass is 243 g/mol. The molecular formula is C12H18FNO3. The highest BCUT2D eigenvalue weighted by atomic mass is 19.1. The molecule has 1 aromatic carbocycles. The fourth-order valence-electron chi connectivity index (χ4n) is 1.67. The molecule has 4 nitrogen and oxygen atoms in total. The third kappa shape index (κ3) is 3.96. The molecule has 0 spiro atoms. The quantitative estimate of drug-likeness (QED) is 0.766. The fraction of sp³-hybridized carbons (Fsp3) is 0.500. The van der Waals surface area contributed by atoms with Crippen LogP contribution in [0.5, 0.6) is 5.75 Å². The summed E-state index contributed by atoms with van der Waals surface area (Å²) in [6, 6.07) is 4.12. The smallest absolute Gasteiger partial charge is 0.172 e. The van der Waals surface area contributed by atoms with Gasteiger partial charge in [-0.15, -0.1) is 0 Å². The number of methoxy groups -OCH3 is 3. The van der Waals surface area contributed by atoms with Crippen LogP contribution in [0.25, 0.3) is 0 Å². The van der Waals surface area contributed by atoms with Crippen LogP contribution in [-0.2, 0) is 15.9 Å². The Bertz CT molecular complexity index is 356. The summed E-state index contributed by atoms with van der Waals surface area (Å²) < 4.78 is 28.3. The molecule has 0 aliphatic heterocycles. The number of benzene rings is 1. The minimum absolute atomic E-state index is 0.349. The van der Waals surface area contributed by atoms with E-state index in [9.17, 15) is 4.39 Å². The highest BCUT2D eigenvalue weighted by Gasteiger charge is 2.17. The van der Waals surface area contributed by atoms with Crippen molar-refractivity contribution >= 4 is 0 Å². The van der Waals surface area contributed by atoms with Crippen LogP contribution in [0, 0.1) is 5.82 Å². The van der Waals surface area contributed by atoms with Crippen LogP contribution >= 0.6 is 0 Å². The van der Waals surface area contributed by atoms with Gasteiger partial charge in [-0.1, -0.05) is 0 Å². The minimum atomic E-state index is -0.510. The lowest BCUT2D eigenvalue weighted by Crippen LogP contribution is -2.39. The van der Waals surface area contributed by atoms with Crippen LogP contribution in [0.15, 0.2) is 18.2 Å². The number of hydrogen-bond acceptors (Lipinski definition) is 4. The Morgan fingerprint density at radius 1 is 1.18 bits per heavy atom. The second-order valence-corrected chi connectivity index (χ2v) is 3.71. The highest BCUT2D eigenvalue weighted by molar-refractivity contribution is 5.30. The van der Waals surface area contributed by atoms with E-state index in [2.05, 4.69) is 0 Å². The number of nitrogens with two attached hydrogens (primary N) is 1. The molecule has 2 N–H and O–H groups in total. The normalized spacial score (nSPS) is 12.8. The van der Waals surface area contributed by atoms with Gasteiger partial charge >= 0.3 is 0 Å². The Morgan fingerprint density at radius 3 is 2.35 bits per heavy atom. The van der Waals surface area contributed by atoms with E-state index in [1.807, 2.05) is 0 Å². The molecule has 17 heavy (non-hydrogen) atoms. The zero-order chi connectivity index (χ0) is 12.8. The van der Waals surface area contributed by atoms with Gasteiger partial charge in [0.2, 0.25) is 0 Å². The van der Waals surface area contributed by atoms with Gasteiger partial charge in [-0.05, 0) is 24.1 Å². The predicted octanol–water partition coefficient (Wildman–Crippen LogP) is 1.32. The summed E-state index contributed by atoms with van der Waals surface area (Å²) in [4.78, 5) is 0. The van der Waals surface area contributed by atoms with Gasteiger partial charge in [0.05, 0.1) is 13.2 Å². The molecule has 1 atom stereocenters. The lowest BCUT2D eigenvalue weighted by Gasteiger charge is -2.21. The van der Waals surface area contributed by atoms with E-state index in [0.29, 0.717) is 12.2 Å². The summed E-state index contributed by atoms with van der Waals surface area (Å²) in [5, 5.41) is 0. The predicted molar refractivity (Wildman–Crippen MR) is 62.4 cm³/mol. The van der Waals surface area contributed by atoms with Crippen LogP contribution in [0.2, 0.25) is 0 Å². The number of rotatable bonds is 6. The molecule has 1 unspecified atom stereocenters. The van der Waals surface area contributed by atoms with Crippen molar-refractivity contribution in [3.8, 4) is 5.75 Å². The minimum Gasteiger partial charge on any atom is -0.497 e. The average Bonchev–Trinajstić information content (AvgIpc) is 2.29. The molecule has 0 radical (unpaired) electrons. The van der Waals surface area contributed by atoms with Gasteiger partial charge in [-0.2, -0.15) is 0 Å². The Hall–Kier alpha value is -1.17. The molecule has 0 aliphatic carbocycles. The van der Waals surface area contributed by atoms with Crippen molar-refractivity contribution in [1.82, 2.24) is 0 Å². The molecule has 0 saturated heterocycles. The van der Waals surface area contributed by atoms with Gasteiger partial charge in [-0.25, -0.2) is 4.39 Å². The molecular weight excluding hydrogens is 225 g/mol. The average molecular weight is 243 g/mol. The molecule has 0 aliphatic rings. The van der Waals surface area contributed by atoms with Crippen molar-refractivity contribution in [2.75, 3.05) is 21.3 Å². The Kier molecular flexibility index (Phi) is 5.34. The van der Waals surface area contributed by atoms with Gasteiger partial charge in [-0.3, -0.25) is 0 Å². The summed E-state index contributed by atoms with van der Waals surface area (Å²) in [6.07, 6.45) is -0.0650. The van der Waals surface area contributed by atoms with Crippen molar-refractivity contribution in [3.05, 3.63) is 29.6 Å². The summed E-state index contributed by atoms with van der Waals surface area (Å²) in [5.74, 6) is 0.122. The summed E-state index contributed by atoms with van der Waals surface area (Å²) in [5.41, 5.74) is 6.64. The Labute approximate surface area is 100 Å². The van der Waals surface area contributed by atoms with E-state index in [-0.39, 0.29) is 11.9 Å². The molecule has 0 bridgehead atoms. The van der Waals surface area contributed by atoms with Crippen LogP contribution in [0.4, 0.5) is 4.39 Å². The van der Waals surface area contributed by atoms with Crippen molar-refractivity contribution in [1.29, 1.82) is 0 Å². The Morgan fingerprint density at radius 2 is 1.82 bits per heavy atom. The van der Waals surface area contributed by atoms with E-state index < -0.39 is 6.29 Å². The van der Waals surface area contributed by atoms with Crippen molar-refractivity contribution in [2.45, 2.75) is 18.8 Å². The zero-order valence-electron chi connectivity index (χ0n) is 10.3. The van der Waals surface area contributed by atoms with Crippen LogP contribution in [0.1, 0.15) is 5.56 Å². The second-order valence-electron chi connectivity index (χ2n) is 3.71. The SMILES string of the molecule is COc1cc(F)cc(CC(N)C(OC)OC)c1. The van der Waals surface area contributed by atoms with Gasteiger partial charge in [0.15, 0.2) is 6.29 Å². The third-order valence-electron chi connectivity index (χ3n) is 2.45. The van der Waals surface area contributed by atoms with Gasteiger partial charge < -0.3 is 19.9 Å². The largest absolute Gasteiger partial charge is 0.497 e. The molecule has 0 saturated carbocycles. The van der Waals surface area contributed by atoms with E-state index in [1.54, 1.807) is 6.07 Å². The van der Waals surface area contributed by atoms with Crippen molar-refractivity contribution in [2.24, 2.45) is 5.73 Å². The fourth-order valence-corrected chi connectivity index (χ4v) is 1.67. The maximum atomic E-state index is 13.2. The standard InChI is InChI=1S/C12H18FNO3/c1-15-10-5-8(4-9(13)7-10)6-11(14)12(16-2)17-3/h4-5,7,11-12H,6,14H2,1-3H3. The second kappa shape index (κ2) is 6.54. The summed E-state index contributed by atoms with van der Waals surface area (Å²) in [6.45, 7) is 0. The molecule has 0 amide bonds. The van der Waals surface area contributed by atoms with Crippen LogP contribution in [0.3, 0.4) is 0 Å². The molecule has 96 valence electrons. The van der Waals surface area contributed by atoms with Crippen molar-refractivity contribution < 1.29 is 18.6 Å². The summed E-state index contributed by atoms with van der Waals surface area (Å²) in [7, 11) is 4.52. The molecule has 0 aromatic heterocycles. The zero-order valence-corrected chi connectivity index (χ0v) is 10.3. The maximum absolute atomic E-state index is 13.2. The van der Waals surface area contributed by atoms with Gasteiger partial charge in [0, 0.05) is 20.3 Å². The van der Waals surface area contributed by atoms with Crippen LogP contribution < -0.4 is 10.5 Å². The van der Waals surface area contributed by atoms with Gasteiger partial charge in [0.25, 0.3) is 0 Å². The van der Waals surface area contributed by atoms with E-state index in [4.69, 9.17) is 19.9 Å². The van der Waals surface area contributed by atoms with Crippen molar-refractivity contribution in [3.63, 3.8) is 0 Å². The first-order valence-corrected chi connectivity index (χ1v) is 5.25. The lowest BCUT2D eigenvalue weighted by molar-refractivity contribution is -0.115. The van der Waals surface area contributed by atoms with Crippen LogP contribution in [-0.4, -0.2) is 33.7 Å². The van der Waals surface area contributed by atoms with E-state index in [0.717, 1.165) is 5.56 Å².